The van der Waals surface area contributed by atoms with Gasteiger partial charge < -0.3 is 5.53 Å². The molecule has 10 heteroatoms. The van der Waals surface area contributed by atoms with E-state index in [0.29, 0.717) is 36.4 Å². The molecular weight excluding hydrogens is 496 g/mol. The molecule has 1 aliphatic rings. The molecular formula is C27H29F6N3O. The number of carbonyl (C=O) groups is 1. The van der Waals surface area contributed by atoms with Gasteiger partial charge in [-0.3, -0.25) is 9.69 Å². The number of Topliss-reactive ketones (excluding diaryl/α,β-unsaturated/α-hetero) is 1. The number of ketones is 1. The summed E-state index contributed by atoms with van der Waals surface area (Å²) >= 11 is 0. The van der Waals surface area contributed by atoms with Crippen molar-refractivity contribution in [2.75, 3.05) is 6.54 Å². The minimum atomic E-state index is -4.50. The van der Waals surface area contributed by atoms with E-state index in [4.69, 9.17) is 5.53 Å². The van der Waals surface area contributed by atoms with Gasteiger partial charge in [0.2, 0.25) is 5.78 Å². The normalized spacial score (nSPS) is 19.9. The van der Waals surface area contributed by atoms with Gasteiger partial charge in [0.05, 0.1) is 11.1 Å². The van der Waals surface area contributed by atoms with E-state index in [2.05, 4.69) is 9.69 Å². The van der Waals surface area contributed by atoms with Crippen LogP contribution in [0, 0.1) is 11.8 Å². The molecule has 200 valence electrons. The number of carbonyl (C=O) groups excluding carboxylic acids is 1. The van der Waals surface area contributed by atoms with Crippen LogP contribution in [0.1, 0.15) is 73.9 Å². The van der Waals surface area contributed by atoms with Gasteiger partial charge in [-0.2, -0.15) is 31.1 Å². The highest BCUT2D eigenvalue weighted by atomic mass is 19.4. The number of alkyl halides is 6. The molecule has 4 nitrogen and oxygen atoms in total. The van der Waals surface area contributed by atoms with Crippen molar-refractivity contribution in [3.05, 3.63) is 76.3 Å². The second-order valence-electron chi connectivity index (χ2n) is 9.85. The third-order valence-corrected chi connectivity index (χ3v) is 6.89. The molecule has 0 bridgehead atoms. The smallest absolute Gasteiger partial charge is 0.361 e. The summed E-state index contributed by atoms with van der Waals surface area (Å²) in [4.78, 5) is 17.4. The zero-order chi connectivity index (χ0) is 27.4. The van der Waals surface area contributed by atoms with Crippen molar-refractivity contribution in [1.82, 2.24) is 4.90 Å². The quantitative estimate of drug-likeness (QED) is 0.155. The van der Waals surface area contributed by atoms with E-state index >= 15 is 0 Å². The van der Waals surface area contributed by atoms with Crippen LogP contribution in [-0.4, -0.2) is 28.2 Å². The molecule has 1 saturated heterocycles. The number of halogens is 6. The van der Waals surface area contributed by atoms with Crippen LogP contribution in [0.5, 0.6) is 0 Å². The highest BCUT2D eigenvalue weighted by Crippen LogP contribution is 2.43. The van der Waals surface area contributed by atoms with Crippen LogP contribution in [0.2, 0.25) is 0 Å². The van der Waals surface area contributed by atoms with Gasteiger partial charge in [-0.1, -0.05) is 38.1 Å². The molecule has 1 aliphatic heterocycles. The Kier molecular flexibility index (Phi) is 8.97. The molecule has 0 amide bonds. The Hall–Kier alpha value is -2.97. The maximum Gasteiger partial charge on any atom is 0.416 e. The van der Waals surface area contributed by atoms with E-state index < -0.39 is 35.4 Å². The minimum absolute atomic E-state index is 0.273. The average Bonchev–Trinajstić information content (AvgIpc) is 2.83. The summed E-state index contributed by atoms with van der Waals surface area (Å²) in [6.07, 6.45) is -6.05. The van der Waals surface area contributed by atoms with Crippen molar-refractivity contribution in [3.8, 4) is 0 Å². The average molecular weight is 526 g/mol. The Morgan fingerprint density at radius 1 is 0.973 bits per heavy atom. The van der Waals surface area contributed by atoms with Crippen LogP contribution in [0.4, 0.5) is 26.3 Å². The highest BCUT2D eigenvalue weighted by Gasteiger charge is 2.38. The van der Waals surface area contributed by atoms with Gasteiger partial charge in [-0.05, 0) is 67.0 Å². The molecule has 0 unspecified atom stereocenters. The van der Waals surface area contributed by atoms with Gasteiger partial charge in [0.25, 0.3) is 0 Å². The zero-order valence-corrected chi connectivity index (χ0v) is 20.6. The Morgan fingerprint density at radius 2 is 1.51 bits per heavy atom. The summed E-state index contributed by atoms with van der Waals surface area (Å²) in [5, 5.41) is 0. The molecule has 1 fully saturated rings. The molecule has 3 rings (SSSR count). The number of nitrogens with zero attached hydrogens (tertiary/aromatic N) is 3. The fourth-order valence-electron chi connectivity index (χ4n) is 4.91. The van der Waals surface area contributed by atoms with Crippen LogP contribution < -0.4 is 0 Å². The van der Waals surface area contributed by atoms with E-state index in [1.807, 2.05) is 13.8 Å². The molecule has 1 heterocycles. The second-order valence-corrected chi connectivity index (χ2v) is 9.85. The topological polar surface area (TPSA) is 56.7 Å². The van der Waals surface area contributed by atoms with Crippen LogP contribution in [0.15, 0.2) is 48.5 Å². The number of rotatable bonds is 8. The first-order valence-electron chi connectivity index (χ1n) is 12.1. The third kappa shape index (κ3) is 7.29. The van der Waals surface area contributed by atoms with Crippen molar-refractivity contribution >= 4 is 12.0 Å². The summed E-state index contributed by atoms with van der Waals surface area (Å²) in [7, 11) is 0. The number of hydrogen-bond acceptors (Lipinski definition) is 2. The van der Waals surface area contributed by atoms with E-state index in [9.17, 15) is 31.1 Å². The predicted octanol–water partition coefficient (Wildman–Crippen LogP) is 7.52. The number of benzene rings is 2. The Bertz CT molecular complexity index is 1100. The largest absolute Gasteiger partial charge is 0.416 e. The van der Waals surface area contributed by atoms with Gasteiger partial charge >= 0.3 is 18.6 Å². The summed E-state index contributed by atoms with van der Waals surface area (Å²) in [6.45, 7) is 4.47. The van der Waals surface area contributed by atoms with Crippen molar-refractivity contribution in [3.63, 3.8) is 0 Å². The third-order valence-electron chi connectivity index (χ3n) is 6.89. The maximum atomic E-state index is 13.2. The van der Waals surface area contributed by atoms with E-state index in [1.54, 1.807) is 0 Å². The monoisotopic (exact) mass is 525 g/mol. The van der Waals surface area contributed by atoms with Gasteiger partial charge in [0, 0.05) is 24.5 Å². The Labute approximate surface area is 211 Å². The van der Waals surface area contributed by atoms with E-state index in [0.717, 1.165) is 36.9 Å². The maximum absolute atomic E-state index is 13.2. The van der Waals surface area contributed by atoms with Gasteiger partial charge in [-0.25, -0.2) is 0 Å². The Morgan fingerprint density at radius 3 is 2.00 bits per heavy atom. The van der Waals surface area contributed by atoms with Gasteiger partial charge in [0.15, 0.2) is 0 Å². The van der Waals surface area contributed by atoms with E-state index in [-0.39, 0.29) is 18.2 Å². The molecule has 37 heavy (non-hydrogen) atoms. The number of likely N-dealkylation sites (tertiary alicyclic amines) is 1. The van der Waals surface area contributed by atoms with Crippen LogP contribution in [-0.2, 0) is 17.1 Å². The summed E-state index contributed by atoms with van der Waals surface area (Å²) < 4.78 is 79.0. The molecule has 3 atom stereocenters. The van der Waals surface area contributed by atoms with Crippen molar-refractivity contribution in [1.29, 1.82) is 0 Å². The highest BCUT2D eigenvalue weighted by molar-refractivity contribution is 6.26. The molecule has 2 aromatic carbocycles. The molecule has 0 spiro atoms. The first-order chi connectivity index (χ1) is 17.3. The number of hydrogen-bond donors (Lipinski definition) is 0. The molecule has 0 aromatic heterocycles. The van der Waals surface area contributed by atoms with Crippen molar-refractivity contribution in [2.45, 2.75) is 64.0 Å². The summed E-state index contributed by atoms with van der Waals surface area (Å²) in [5.74, 6) is -0.563. The lowest BCUT2D eigenvalue weighted by Gasteiger charge is -2.44. The predicted molar refractivity (Wildman–Crippen MR) is 127 cm³/mol. The minimum Gasteiger partial charge on any atom is -0.361 e. The van der Waals surface area contributed by atoms with Gasteiger partial charge in [-0.15, -0.1) is 0 Å². The fourth-order valence-corrected chi connectivity index (χ4v) is 4.91. The second kappa shape index (κ2) is 11.6. The lowest BCUT2D eigenvalue weighted by molar-refractivity contribution is -0.138. The first-order valence-corrected chi connectivity index (χ1v) is 12.1. The standard InChI is InChI=1S/C27H29F6N3O/c1-17(2)3-12-23(18-4-8-21(9-5-18)26(28,29)30)36-14-13-20(25(37)16-35-34)15-24(36)19-6-10-22(11-7-19)27(31,32)33/h4-11,16-17,20,23-24H,3,12-15H2,1-2H3/t20-,23+,24+/m1/s1. The Balaban J connectivity index is 2.02. The summed E-state index contributed by atoms with van der Waals surface area (Å²) in [6, 6.07) is 8.98. The van der Waals surface area contributed by atoms with Crippen LogP contribution in [0.3, 0.4) is 0 Å². The SMILES string of the molecule is CC(C)CC[C@@H](c1ccc(C(F)(F)F)cc1)N1CC[C@@H](C(=O)C=[N+]=[N-])C[C@H]1c1ccc(C(F)(F)F)cc1. The van der Waals surface area contributed by atoms with Crippen molar-refractivity contribution < 1.29 is 35.9 Å². The van der Waals surface area contributed by atoms with Gasteiger partial charge in [0.1, 0.15) is 0 Å². The van der Waals surface area contributed by atoms with Crippen LogP contribution >= 0.6 is 0 Å². The first kappa shape index (κ1) is 28.6. The van der Waals surface area contributed by atoms with Crippen LogP contribution in [0.25, 0.3) is 5.53 Å². The van der Waals surface area contributed by atoms with Crippen molar-refractivity contribution in [2.24, 2.45) is 11.8 Å². The lowest BCUT2D eigenvalue weighted by atomic mass is 9.82. The lowest BCUT2D eigenvalue weighted by Crippen LogP contribution is -2.41. The number of piperidine rings is 1. The molecule has 0 N–H and O–H groups in total. The molecule has 0 saturated carbocycles. The van der Waals surface area contributed by atoms with E-state index in [1.165, 1.54) is 24.3 Å². The fraction of sp³-hybridized carbons (Fsp3) is 0.481. The zero-order valence-electron chi connectivity index (χ0n) is 20.6. The summed E-state index contributed by atoms with van der Waals surface area (Å²) in [5.41, 5.74) is 8.50. The molecule has 0 radical (unpaired) electrons. The molecule has 0 aliphatic carbocycles. The molecule has 2 aromatic rings.